The Hall–Kier alpha value is -8.49. The summed E-state index contributed by atoms with van der Waals surface area (Å²) in [6, 6.07) is -11.0. The number of nitrogens with zero attached hydrogens (tertiary/aromatic N) is 2. The molecule has 710 valence electrons. The molecule has 21 atom stereocenters. The van der Waals surface area contributed by atoms with Gasteiger partial charge >= 0.3 is 5.97 Å². The Bertz CT molecular complexity index is 3920. The van der Waals surface area contributed by atoms with E-state index in [-0.39, 0.29) is 175 Å². The maximum absolute atomic E-state index is 15.5. The second-order valence-electron chi connectivity index (χ2n) is 35.5. The van der Waals surface area contributed by atoms with E-state index in [1.807, 2.05) is 18.2 Å². The normalized spacial score (nSPS) is 31.1. The summed E-state index contributed by atoms with van der Waals surface area (Å²) in [6.07, 6.45) is 1.21. The summed E-state index contributed by atoms with van der Waals surface area (Å²) in [6.45, 7) is 2.83. The Labute approximate surface area is 748 Å². The first-order valence-corrected chi connectivity index (χ1v) is 47.6. The van der Waals surface area contributed by atoms with Crippen molar-refractivity contribution in [1.82, 2.24) is 89.6 Å². The Balaban J connectivity index is 1.06. The van der Waals surface area contributed by atoms with Crippen molar-refractivity contribution in [3.05, 3.63) is 35.4 Å². The lowest BCUT2D eigenvalue weighted by Crippen LogP contribution is -2.61. The molecule has 0 radical (unpaired) electrons. The van der Waals surface area contributed by atoms with Gasteiger partial charge in [0, 0.05) is 74.9 Å². The molecule has 1 aromatic rings. The Morgan fingerprint density at radius 3 is 1.79 bits per heavy atom. The molecule has 1 aromatic carbocycles. The molecule has 7 fully saturated rings. The average molecular weight is 1830 g/mol. The number of carboxylic acids is 1. The van der Waals surface area contributed by atoms with Gasteiger partial charge in [-0.25, -0.2) is 8.78 Å². The monoisotopic (exact) mass is 1830 g/mol. The smallest absolute Gasteiger partial charge is 0.305 e. The van der Waals surface area contributed by atoms with Crippen molar-refractivity contribution in [3.8, 4) is 0 Å². The summed E-state index contributed by atoms with van der Waals surface area (Å²) in [5.74, 6) is -15.3. The number of thioether (sulfide) groups is 2. The van der Waals surface area contributed by atoms with E-state index < -0.39 is 217 Å². The van der Waals surface area contributed by atoms with Crippen LogP contribution in [0, 0.1) is 29.6 Å². The van der Waals surface area contributed by atoms with Crippen LogP contribution in [-0.4, -0.2) is 301 Å². The zero-order valence-corrected chi connectivity index (χ0v) is 74.8. The van der Waals surface area contributed by atoms with Gasteiger partial charge in [-0.2, -0.15) is 23.5 Å². The summed E-state index contributed by atoms with van der Waals surface area (Å²) < 4.78 is 30.9. The maximum Gasteiger partial charge on any atom is 0.305 e. The summed E-state index contributed by atoms with van der Waals surface area (Å²) in [4.78, 5) is 220. The van der Waals surface area contributed by atoms with E-state index in [9.17, 15) is 58.5 Å². The minimum Gasteiger partial charge on any atom is -0.481 e. The maximum atomic E-state index is 15.5. The lowest BCUT2D eigenvalue weighted by Gasteiger charge is -2.34. The number of aliphatic hydroxyl groups excluding tert-OH is 2. The van der Waals surface area contributed by atoms with Crippen LogP contribution >= 0.6 is 23.5 Å². The number of aliphatic carboxylic acids is 1. The number of hydrogen-bond donors (Lipinski definition) is 21. The number of primary amides is 1. The fourth-order valence-corrected chi connectivity index (χ4v) is 21.0. The van der Waals surface area contributed by atoms with Crippen LogP contribution in [0.2, 0.25) is 0 Å². The van der Waals surface area contributed by atoms with E-state index in [0.29, 0.717) is 77.4 Å². The number of aliphatic hydroxyl groups is 2. The largest absolute Gasteiger partial charge is 0.481 e. The van der Waals surface area contributed by atoms with Crippen LogP contribution in [0.5, 0.6) is 0 Å². The Morgan fingerprint density at radius 2 is 1.20 bits per heavy atom. The second-order valence-corrected chi connectivity index (χ2v) is 37.5. The number of carbonyl (C=O) groups is 15. The minimum atomic E-state index is -1.97. The highest BCUT2D eigenvalue weighted by atomic mass is 32.2. The molecule has 3 aliphatic carbocycles. The van der Waals surface area contributed by atoms with Crippen molar-refractivity contribution >= 4 is 112 Å². The number of amides is 14. The quantitative estimate of drug-likeness (QED) is 0.0357. The molecule has 0 spiro atoms. The summed E-state index contributed by atoms with van der Waals surface area (Å²) in [7, 11) is 1.27. The molecule has 5 aliphatic heterocycles. The molecule has 9 rings (SSSR count). The number of hydrogen-bond acceptors (Lipinski definition) is 25. The molecular formula is C85H136F2N20O18S2. The molecule has 3 saturated carbocycles. The molecule has 4 saturated heterocycles. The van der Waals surface area contributed by atoms with Gasteiger partial charge in [-0.1, -0.05) is 37.6 Å². The van der Waals surface area contributed by atoms with Crippen LogP contribution in [0.3, 0.4) is 0 Å². The molecule has 38 nitrogen and oxygen atoms in total. The SMILES string of the molecule is CCC[C@H](NC(C)=O)C(=O)N(C)[C@@H](CO)C(=O)N[C@@H](CCCCN)C(=O)N[C@H]1CSCc2cccc(c2)CSC[C@@H](C(N)=O)NC(=O)[C@@H]2CCCN2C(=O)[C@H](CC2CCC(O)CC2)NC(=O)[C@H](CC2CNCN2)NC(=O)[C@H](CC(=O)O)NC(=O)[C@H](CC2CNC3CCC(F)CC23)NC(=O)[C@H](CC2CNC3CCC(F)CC23)NC(=O)CNC(=O)[C@H](CCCCN)NC1=O. The number of alkyl halides is 2. The number of halogens is 2. The molecule has 14 amide bonds. The van der Waals surface area contributed by atoms with Gasteiger partial charge in [-0.05, 0) is 215 Å². The molecule has 127 heavy (non-hydrogen) atoms. The van der Waals surface area contributed by atoms with Gasteiger partial charge < -0.3 is 122 Å². The minimum absolute atomic E-state index is 0.0278. The number of nitrogens with one attached hydrogen (secondary N) is 15. The van der Waals surface area contributed by atoms with Crippen LogP contribution < -0.4 is 97.0 Å². The lowest BCUT2D eigenvalue weighted by molar-refractivity contribution is -0.144. The molecule has 24 N–H and O–H groups in total. The fourth-order valence-electron chi connectivity index (χ4n) is 19.0. The first kappa shape index (κ1) is 102. The van der Waals surface area contributed by atoms with E-state index in [2.05, 4.69) is 79.8 Å². The summed E-state index contributed by atoms with van der Waals surface area (Å²) in [5.41, 5.74) is 19.3. The van der Waals surface area contributed by atoms with Crippen LogP contribution in [0.4, 0.5) is 8.78 Å². The highest BCUT2D eigenvalue weighted by molar-refractivity contribution is 7.98. The molecule has 0 aromatic heterocycles. The van der Waals surface area contributed by atoms with Gasteiger partial charge in [0.1, 0.15) is 84.8 Å². The van der Waals surface area contributed by atoms with Crippen LogP contribution in [-0.2, 0) is 83.4 Å². The number of likely N-dealkylation sites (N-methyl/N-ethyl adjacent to an activating group) is 1. The molecule has 42 heteroatoms. The Morgan fingerprint density at radius 1 is 0.622 bits per heavy atom. The van der Waals surface area contributed by atoms with Crippen molar-refractivity contribution in [2.24, 2.45) is 46.8 Å². The first-order chi connectivity index (χ1) is 60.8. The third-order valence-corrected chi connectivity index (χ3v) is 28.2. The van der Waals surface area contributed by atoms with E-state index >= 15 is 37.5 Å². The van der Waals surface area contributed by atoms with E-state index in [4.69, 9.17) is 17.2 Å². The highest BCUT2D eigenvalue weighted by Crippen LogP contribution is 2.40. The predicted molar refractivity (Wildman–Crippen MR) is 469 cm³/mol. The molecule has 2 bridgehead atoms. The summed E-state index contributed by atoms with van der Waals surface area (Å²) >= 11 is 2.46. The van der Waals surface area contributed by atoms with Gasteiger partial charge in [0.25, 0.3) is 0 Å². The standard InChI is InChI=1S/C85H136F2N20O18S2/c1-4-11-62(96-46(2)109)84(124)106(3)71(40-108)83(123)99-61(15-6-8-26-89)76(116)105-69-44-127-42-49-13-9-12-48(28-49)41-126-43-68(74(90)114)104-82(122)70-16-10-27-107(70)85(125)67(29-47-17-21-55(110)22-18-47)103-79(119)65(34-54-38-91-45-95-54)101-80(120)66(35-73(112)113)102-78(118)64(31-51-37-93-59-24-20-53(87)33-57(51)59)100-77(117)63(30-50-36-92-58-23-19-52(86)32-56(50)58)97-72(111)39-94-75(115)60(98-81(69)121)14-5-7-25-88/h9,12-13,28,47,50-71,91-93,95,108,110H,4-8,10-11,14-27,29-45,88-89H2,1-3H3,(H2,90,114)(H,94,115)(H,96,109)(H,97,111)(H,98,121)(H,99,123)(H,100,117)(H,101,120)(H,102,118)(H,103,119)(H,104,122)(H,105,116)(H,112,113)/t47?,50?,51?,52?,53?,54?,55?,56?,57?,58?,59?,60-,61-,62-,63-,64-,65-,66-,67-,68-,69-,70-,71-/m0/s1. The average Bonchev–Trinajstić information content (AvgIpc) is 1.71. The molecule has 5 heterocycles. The number of rotatable bonds is 29. The third-order valence-electron chi connectivity index (χ3n) is 26.0. The van der Waals surface area contributed by atoms with Gasteiger partial charge in [0.05, 0.1) is 25.7 Å². The van der Waals surface area contributed by atoms with Crippen LogP contribution in [0.15, 0.2) is 24.3 Å². The molecule has 9 unspecified atom stereocenters. The predicted octanol–water partition coefficient (Wildman–Crippen LogP) is -2.94. The number of carbonyl (C=O) groups excluding carboxylic acids is 14. The highest BCUT2D eigenvalue weighted by Gasteiger charge is 2.48. The van der Waals surface area contributed by atoms with Gasteiger partial charge in [0.2, 0.25) is 82.7 Å². The molecular weight excluding hydrogens is 1690 g/mol. The van der Waals surface area contributed by atoms with E-state index in [1.54, 1.807) is 13.0 Å². The Kier molecular flexibility index (Phi) is 41.2. The number of carboxylic acid groups (broad SMARTS) is 1. The van der Waals surface area contributed by atoms with E-state index in [1.165, 1.54) is 42.4 Å². The van der Waals surface area contributed by atoms with Crippen molar-refractivity contribution in [2.75, 3.05) is 77.6 Å². The number of fused-ring (bicyclic) bond motifs is 5. The number of nitrogens with two attached hydrogens (primary N) is 3. The fraction of sp³-hybridized carbons (Fsp3) is 0.753. The zero-order chi connectivity index (χ0) is 92.0. The molecule has 8 aliphatic rings. The van der Waals surface area contributed by atoms with E-state index in [0.717, 1.165) is 16.0 Å². The van der Waals surface area contributed by atoms with Crippen LogP contribution in [0.1, 0.15) is 185 Å². The van der Waals surface area contributed by atoms with Gasteiger partial charge in [-0.3, -0.25) is 71.9 Å². The summed E-state index contributed by atoms with van der Waals surface area (Å²) in [5, 5.41) is 74.7. The second kappa shape index (κ2) is 51.2. The lowest BCUT2D eigenvalue weighted by atomic mass is 9.76. The van der Waals surface area contributed by atoms with Crippen LogP contribution in [0.25, 0.3) is 0 Å². The van der Waals surface area contributed by atoms with Gasteiger partial charge in [-0.15, -0.1) is 0 Å². The number of benzene rings is 1. The van der Waals surface area contributed by atoms with Crippen molar-refractivity contribution in [2.45, 2.75) is 295 Å². The van der Waals surface area contributed by atoms with Crippen molar-refractivity contribution in [1.29, 1.82) is 0 Å². The van der Waals surface area contributed by atoms with Gasteiger partial charge in [0.15, 0.2) is 0 Å². The zero-order valence-electron chi connectivity index (χ0n) is 73.1. The van der Waals surface area contributed by atoms with Crippen molar-refractivity contribution in [3.63, 3.8) is 0 Å². The first-order valence-electron chi connectivity index (χ1n) is 45.3. The topological polar surface area (TPSA) is 582 Å². The third kappa shape index (κ3) is 31.1. The number of unbranched alkanes of at least 4 members (excludes halogenated alkanes) is 2. The van der Waals surface area contributed by atoms with Crippen molar-refractivity contribution < 1.29 is 96.0 Å².